The molecule has 1 amide bonds. The van der Waals surface area contributed by atoms with E-state index >= 15 is 0 Å². The summed E-state index contributed by atoms with van der Waals surface area (Å²) in [5.41, 5.74) is 7.17. The third kappa shape index (κ3) is 7.07. The number of benzene rings is 1. The van der Waals surface area contributed by atoms with Gasteiger partial charge in [-0.2, -0.15) is 0 Å². The molecule has 1 aliphatic heterocycles. The molecular formula is C19H27Cl2N3O2S. The maximum atomic E-state index is 12.4. The number of carbonyl (C=O) groups excluding carboxylic acids is 1. The molecule has 1 saturated heterocycles. The summed E-state index contributed by atoms with van der Waals surface area (Å²) in [5.74, 6) is -0.0985. The lowest BCUT2D eigenvalue weighted by molar-refractivity contribution is -0.122. The van der Waals surface area contributed by atoms with Crippen molar-refractivity contribution in [3.63, 3.8) is 0 Å². The Balaban J connectivity index is 0.00000182. The van der Waals surface area contributed by atoms with E-state index in [0.29, 0.717) is 13.0 Å². The number of nitrogens with zero attached hydrogens (tertiary/aromatic N) is 1. The van der Waals surface area contributed by atoms with Crippen molar-refractivity contribution in [2.45, 2.75) is 18.5 Å². The number of rotatable bonds is 7. The van der Waals surface area contributed by atoms with Gasteiger partial charge in [-0.1, -0.05) is 36.4 Å². The van der Waals surface area contributed by atoms with E-state index in [1.807, 2.05) is 30.3 Å². The topological polar surface area (TPSA) is 67.6 Å². The van der Waals surface area contributed by atoms with Crippen molar-refractivity contribution in [1.82, 2.24) is 10.2 Å². The number of nitrogens with two attached hydrogens (primary N) is 1. The van der Waals surface area contributed by atoms with Crippen molar-refractivity contribution in [3.05, 3.63) is 58.3 Å². The fourth-order valence-corrected chi connectivity index (χ4v) is 3.93. The number of ether oxygens (including phenoxy) is 1. The summed E-state index contributed by atoms with van der Waals surface area (Å²) in [6.07, 6.45) is 0.550. The molecule has 1 fully saturated rings. The molecule has 8 heteroatoms. The predicted octanol–water partition coefficient (Wildman–Crippen LogP) is 2.65. The van der Waals surface area contributed by atoms with Gasteiger partial charge >= 0.3 is 0 Å². The van der Waals surface area contributed by atoms with E-state index in [4.69, 9.17) is 10.5 Å². The fraction of sp³-hybridized carbons (Fsp3) is 0.421. The molecule has 1 aliphatic rings. The molecule has 0 saturated carbocycles. The number of thiophene rings is 1. The minimum absolute atomic E-state index is 0. The van der Waals surface area contributed by atoms with Gasteiger partial charge in [0.1, 0.15) is 0 Å². The Bertz CT molecular complexity index is 652. The van der Waals surface area contributed by atoms with E-state index in [1.165, 1.54) is 4.88 Å². The minimum atomic E-state index is -0.531. The van der Waals surface area contributed by atoms with Crippen molar-refractivity contribution >= 4 is 42.1 Å². The Morgan fingerprint density at radius 2 is 1.85 bits per heavy atom. The summed E-state index contributed by atoms with van der Waals surface area (Å²) >= 11 is 1.72. The fourth-order valence-electron chi connectivity index (χ4n) is 3.07. The quantitative estimate of drug-likeness (QED) is 0.706. The number of morpholine rings is 1. The summed E-state index contributed by atoms with van der Waals surface area (Å²) in [6.45, 7) is 3.82. The number of hydrogen-bond donors (Lipinski definition) is 2. The van der Waals surface area contributed by atoms with Crippen LogP contribution in [0.3, 0.4) is 0 Å². The maximum absolute atomic E-state index is 12.4. The van der Waals surface area contributed by atoms with Crippen LogP contribution in [-0.4, -0.2) is 49.7 Å². The second-order valence-electron chi connectivity index (χ2n) is 6.22. The zero-order chi connectivity index (χ0) is 17.5. The van der Waals surface area contributed by atoms with Crippen LogP contribution in [0.25, 0.3) is 0 Å². The lowest BCUT2D eigenvalue weighted by atomic mass is 10.1. The van der Waals surface area contributed by atoms with E-state index in [0.717, 1.165) is 31.9 Å². The van der Waals surface area contributed by atoms with Crippen LogP contribution in [-0.2, 0) is 16.0 Å². The predicted molar refractivity (Wildman–Crippen MR) is 115 cm³/mol. The first-order valence-electron chi connectivity index (χ1n) is 8.66. The number of nitrogens with one attached hydrogen (secondary N) is 1. The zero-order valence-corrected chi connectivity index (χ0v) is 17.5. The highest BCUT2D eigenvalue weighted by atomic mass is 35.5. The first-order valence-corrected chi connectivity index (χ1v) is 9.54. The SMILES string of the molecule is Cl.Cl.N[C@@H](Cc1ccccc1)C(=O)NCC(c1cccs1)N1CCOCC1. The number of hydrogen-bond acceptors (Lipinski definition) is 5. The molecule has 0 spiro atoms. The third-order valence-corrected chi connectivity index (χ3v) is 5.44. The monoisotopic (exact) mass is 431 g/mol. The number of carbonyl (C=O) groups is 1. The normalized spacial score (nSPS) is 16.5. The molecule has 2 aromatic rings. The van der Waals surface area contributed by atoms with Gasteiger partial charge < -0.3 is 15.8 Å². The lowest BCUT2D eigenvalue weighted by Gasteiger charge is -2.34. The van der Waals surface area contributed by atoms with E-state index in [9.17, 15) is 4.79 Å². The Kier molecular flexibility index (Phi) is 10.9. The minimum Gasteiger partial charge on any atom is -0.379 e. The maximum Gasteiger partial charge on any atom is 0.237 e. The Labute approximate surface area is 177 Å². The van der Waals surface area contributed by atoms with E-state index in [-0.39, 0.29) is 36.8 Å². The van der Waals surface area contributed by atoms with Gasteiger partial charge in [-0.15, -0.1) is 36.2 Å². The van der Waals surface area contributed by atoms with E-state index in [2.05, 4.69) is 27.7 Å². The van der Waals surface area contributed by atoms with Gasteiger partial charge in [0.15, 0.2) is 0 Å². The molecule has 2 heterocycles. The first-order chi connectivity index (χ1) is 12.2. The summed E-state index contributed by atoms with van der Waals surface area (Å²) in [4.78, 5) is 16.1. The highest BCUT2D eigenvalue weighted by molar-refractivity contribution is 7.10. The van der Waals surface area contributed by atoms with Gasteiger partial charge in [-0.3, -0.25) is 9.69 Å². The van der Waals surface area contributed by atoms with Crippen molar-refractivity contribution in [1.29, 1.82) is 0 Å². The van der Waals surface area contributed by atoms with Crippen LogP contribution >= 0.6 is 36.2 Å². The molecule has 0 aliphatic carbocycles. The highest BCUT2D eigenvalue weighted by Gasteiger charge is 2.25. The van der Waals surface area contributed by atoms with Gasteiger partial charge in [0, 0.05) is 24.5 Å². The number of halogens is 2. The van der Waals surface area contributed by atoms with Gasteiger partial charge in [0.25, 0.3) is 0 Å². The molecule has 1 aromatic heterocycles. The van der Waals surface area contributed by atoms with Crippen molar-refractivity contribution in [2.24, 2.45) is 5.73 Å². The van der Waals surface area contributed by atoms with Crippen LogP contribution in [0.2, 0.25) is 0 Å². The van der Waals surface area contributed by atoms with E-state index in [1.54, 1.807) is 11.3 Å². The van der Waals surface area contributed by atoms with Gasteiger partial charge in [0.2, 0.25) is 5.91 Å². The van der Waals surface area contributed by atoms with Crippen LogP contribution in [0.1, 0.15) is 16.5 Å². The van der Waals surface area contributed by atoms with Gasteiger partial charge in [0.05, 0.1) is 25.3 Å². The van der Waals surface area contributed by atoms with Gasteiger partial charge in [-0.25, -0.2) is 0 Å². The molecule has 27 heavy (non-hydrogen) atoms. The molecule has 150 valence electrons. The smallest absolute Gasteiger partial charge is 0.237 e. The summed E-state index contributed by atoms with van der Waals surface area (Å²) < 4.78 is 5.45. The first kappa shape index (κ1) is 23.9. The summed E-state index contributed by atoms with van der Waals surface area (Å²) in [5, 5.41) is 5.12. The standard InChI is InChI=1S/C19H25N3O2S.2ClH/c20-16(13-15-5-2-1-3-6-15)19(23)21-14-17(18-7-4-12-25-18)22-8-10-24-11-9-22;;/h1-7,12,16-17H,8-11,13-14,20H2,(H,21,23);2*1H/t16-,17?;;/m0../s1. The molecule has 3 rings (SSSR count). The summed E-state index contributed by atoms with van der Waals surface area (Å²) in [7, 11) is 0. The van der Waals surface area contributed by atoms with Crippen LogP contribution in [0.4, 0.5) is 0 Å². The van der Waals surface area contributed by atoms with Crippen molar-refractivity contribution in [2.75, 3.05) is 32.8 Å². The average molecular weight is 432 g/mol. The average Bonchev–Trinajstić information content (AvgIpc) is 3.18. The summed E-state index contributed by atoms with van der Waals surface area (Å²) in [6, 6.07) is 13.7. The molecule has 2 atom stereocenters. The van der Waals surface area contributed by atoms with Crippen molar-refractivity contribution < 1.29 is 9.53 Å². The second kappa shape index (κ2) is 12.3. The van der Waals surface area contributed by atoms with Crippen molar-refractivity contribution in [3.8, 4) is 0 Å². The van der Waals surface area contributed by atoms with E-state index < -0.39 is 6.04 Å². The van der Waals surface area contributed by atoms with Crippen LogP contribution < -0.4 is 11.1 Å². The van der Waals surface area contributed by atoms with Crippen LogP contribution in [0, 0.1) is 0 Å². The highest BCUT2D eigenvalue weighted by Crippen LogP contribution is 2.25. The molecule has 0 radical (unpaired) electrons. The van der Waals surface area contributed by atoms with Crippen LogP contribution in [0.5, 0.6) is 0 Å². The molecule has 3 N–H and O–H groups in total. The molecule has 1 unspecified atom stereocenters. The molecule has 1 aromatic carbocycles. The Hall–Kier alpha value is -1.15. The van der Waals surface area contributed by atoms with Gasteiger partial charge in [-0.05, 0) is 23.4 Å². The third-order valence-electron chi connectivity index (χ3n) is 4.46. The zero-order valence-electron chi connectivity index (χ0n) is 15.1. The Morgan fingerprint density at radius 3 is 2.48 bits per heavy atom. The van der Waals surface area contributed by atoms with Crippen LogP contribution in [0.15, 0.2) is 47.8 Å². The number of amides is 1. The Morgan fingerprint density at radius 1 is 1.15 bits per heavy atom. The lowest BCUT2D eigenvalue weighted by Crippen LogP contribution is -2.47. The largest absolute Gasteiger partial charge is 0.379 e. The molecular weight excluding hydrogens is 405 g/mol. The molecule has 0 bridgehead atoms. The molecule has 5 nitrogen and oxygen atoms in total. The second-order valence-corrected chi connectivity index (χ2v) is 7.20.